The number of ketones is 1. The fraction of sp³-hybridized carbons (Fsp3) is 0.842. The van der Waals surface area contributed by atoms with Crippen LogP contribution in [0.2, 0.25) is 24.7 Å². The summed E-state index contributed by atoms with van der Waals surface area (Å²) in [4.78, 5) is 13.2. The van der Waals surface area contributed by atoms with Gasteiger partial charge in [0.2, 0.25) is 11.5 Å². The monoisotopic (exact) mass is 354 g/mol. The Bertz CT molecular complexity index is 574. The number of ether oxygens (including phenoxy) is 2. The van der Waals surface area contributed by atoms with Crippen molar-refractivity contribution in [1.82, 2.24) is 0 Å². The van der Waals surface area contributed by atoms with Crippen LogP contribution in [-0.4, -0.2) is 36.8 Å². The third kappa shape index (κ3) is 2.31. The molecule has 0 radical (unpaired) electrons. The minimum atomic E-state index is -1.82. The molecule has 3 atom stereocenters. The van der Waals surface area contributed by atoms with Crippen LogP contribution in [-0.2, 0) is 14.3 Å². The second-order valence-electron chi connectivity index (χ2n) is 9.45. The highest BCUT2D eigenvalue weighted by Gasteiger charge is 2.76. The summed E-state index contributed by atoms with van der Waals surface area (Å²) >= 11 is 0. The van der Waals surface area contributed by atoms with Crippen LogP contribution < -0.4 is 0 Å². The van der Waals surface area contributed by atoms with Crippen LogP contribution in [0.5, 0.6) is 0 Å². The van der Waals surface area contributed by atoms with E-state index in [4.69, 9.17) is 9.47 Å². The largest absolute Gasteiger partial charge is 0.488 e. The first-order valence-corrected chi connectivity index (χ1v) is 12.6. The lowest BCUT2D eigenvalue weighted by molar-refractivity contribution is -0.137. The van der Waals surface area contributed by atoms with Gasteiger partial charge in [0.25, 0.3) is 0 Å². The van der Waals surface area contributed by atoms with Gasteiger partial charge < -0.3 is 14.6 Å². The standard InChI is InChI=1S/C19H34O4Si/c1-12(2)22-14-15(20)17(5)10-11-18(6,24(7,8)9)19(17,21)16(14)23-13(3)4/h12-13,21H,10-11H2,1-9H3/t17-,18+,19-/m0/s1. The lowest BCUT2D eigenvalue weighted by Crippen LogP contribution is -2.57. The Morgan fingerprint density at radius 2 is 1.50 bits per heavy atom. The number of hydrogen-bond donors (Lipinski definition) is 1. The number of fused-ring (bicyclic) bond motifs is 1. The zero-order valence-electron chi connectivity index (χ0n) is 16.7. The molecule has 0 heterocycles. The van der Waals surface area contributed by atoms with Crippen molar-refractivity contribution in [2.24, 2.45) is 5.41 Å². The molecule has 5 heteroatoms. The molecule has 0 bridgehead atoms. The predicted molar refractivity (Wildman–Crippen MR) is 98.5 cm³/mol. The van der Waals surface area contributed by atoms with Gasteiger partial charge in [-0.25, -0.2) is 0 Å². The van der Waals surface area contributed by atoms with Gasteiger partial charge in [0.1, 0.15) is 5.60 Å². The van der Waals surface area contributed by atoms with Crippen molar-refractivity contribution in [3.05, 3.63) is 11.5 Å². The van der Waals surface area contributed by atoms with Crippen molar-refractivity contribution in [3.63, 3.8) is 0 Å². The number of aliphatic hydroxyl groups is 1. The SMILES string of the molecule is CC(C)OC1=C(OC(C)C)[C@]2(O)[C@@](C)(CC[C@@]2(C)[Si](C)(C)C)C1=O. The van der Waals surface area contributed by atoms with Gasteiger partial charge in [-0.15, -0.1) is 0 Å². The van der Waals surface area contributed by atoms with E-state index in [0.29, 0.717) is 12.2 Å². The normalized spacial score (nSPS) is 36.8. The third-order valence-electron chi connectivity index (χ3n) is 6.33. The van der Waals surface area contributed by atoms with E-state index in [2.05, 4.69) is 26.6 Å². The van der Waals surface area contributed by atoms with Crippen LogP contribution in [0.4, 0.5) is 0 Å². The van der Waals surface area contributed by atoms with E-state index in [-0.39, 0.29) is 28.8 Å². The van der Waals surface area contributed by atoms with Gasteiger partial charge in [0, 0.05) is 0 Å². The van der Waals surface area contributed by atoms with Crippen LogP contribution in [0.25, 0.3) is 0 Å². The van der Waals surface area contributed by atoms with E-state index in [1.807, 2.05) is 34.6 Å². The highest BCUT2D eigenvalue weighted by molar-refractivity contribution is 6.79. The molecule has 2 aliphatic carbocycles. The molecular formula is C19H34O4Si. The summed E-state index contributed by atoms with van der Waals surface area (Å²) < 4.78 is 11.9. The minimum Gasteiger partial charge on any atom is -0.488 e. The van der Waals surface area contributed by atoms with E-state index >= 15 is 0 Å². The molecule has 0 aromatic heterocycles. The van der Waals surface area contributed by atoms with Crippen molar-refractivity contribution in [2.45, 2.75) is 96.9 Å². The highest BCUT2D eigenvalue weighted by Crippen LogP contribution is 2.71. The van der Waals surface area contributed by atoms with Gasteiger partial charge >= 0.3 is 0 Å². The summed E-state index contributed by atoms with van der Waals surface area (Å²) in [6.07, 6.45) is 1.23. The lowest BCUT2D eigenvalue weighted by Gasteiger charge is -2.50. The summed E-state index contributed by atoms with van der Waals surface area (Å²) in [5.41, 5.74) is -2.16. The molecule has 0 aromatic rings. The maximum absolute atomic E-state index is 13.2. The van der Waals surface area contributed by atoms with Crippen molar-refractivity contribution in [2.75, 3.05) is 0 Å². The predicted octanol–water partition coefficient (Wildman–Crippen LogP) is 4.26. The van der Waals surface area contributed by atoms with Crippen LogP contribution >= 0.6 is 0 Å². The van der Waals surface area contributed by atoms with Crippen molar-refractivity contribution >= 4 is 13.9 Å². The zero-order chi connectivity index (χ0) is 18.7. The molecule has 1 fully saturated rings. The number of hydrogen-bond acceptors (Lipinski definition) is 4. The molecular weight excluding hydrogens is 320 g/mol. The van der Waals surface area contributed by atoms with Crippen molar-refractivity contribution in [1.29, 1.82) is 0 Å². The Balaban J connectivity index is 2.73. The Hall–Kier alpha value is -0.813. The van der Waals surface area contributed by atoms with Gasteiger partial charge in [0.05, 0.1) is 25.7 Å². The summed E-state index contributed by atoms with van der Waals surface area (Å²) in [5, 5.41) is 11.7. The average Bonchev–Trinajstić information content (AvgIpc) is 2.72. The second-order valence-corrected chi connectivity index (χ2v) is 15.0. The Labute approximate surface area is 147 Å². The van der Waals surface area contributed by atoms with Crippen LogP contribution in [0.1, 0.15) is 54.4 Å². The molecule has 138 valence electrons. The molecule has 0 spiro atoms. The van der Waals surface area contributed by atoms with E-state index in [9.17, 15) is 9.90 Å². The molecule has 4 nitrogen and oxygen atoms in total. The number of allylic oxidation sites excluding steroid dienone is 1. The first-order chi connectivity index (χ1) is 10.7. The topological polar surface area (TPSA) is 55.8 Å². The minimum absolute atomic E-state index is 0.101. The highest BCUT2D eigenvalue weighted by atomic mass is 28.3. The quantitative estimate of drug-likeness (QED) is 0.750. The fourth-order valence-corrected chi connectivity index (χ4v) is 6.75. The maximum atomic E-state index is 13.2. The molecule has 0 saturated heterocycles. The molecule has 2 rings (SSSR count). The maximum Gasteiger partial charge on any atom is 0.210 e. The van der Waals surface area contributed by atoms with E-state index in [1.54, 1.807) is 0 Å². The van der Waals surface area contributed by atoms with E-state index < -0.39 is 19.1 Å². The first kappa shape index (κ1) is 19.5. The molecule has 0 aliphatic heterocycles. The van der Waals surface area contributed by atoms with E-state index in [0.717, 1.165) is 6.42 Å². The molecule has 0 aromatic carbocycles. The van der Waals surface area contributed by atoms with Gasteiger partial charge in [-0.2, -0.15) is 0 Å². The molecule has 0 amide bonds. The smallest absolute Gasteiger partial charge is 0.210 e. The Morgan fingerprint density at radius 1 is 1.00 bits per heavy atom. The van der Waals surface area contributed by atoms with Gasteiger partial charge in [-0.05, 0) is 52.5 Å². The molecule has 0 unspecified atom stereocenters. The number of carbonyl (C=O) groups is 1. The van der Waals surface area contributed by atoms with Crippen molar-refractivity contribution < 1.29 is 19.4 Å². The Morgan fingerprint density at radius 3 is 1.92 bits per heavy atom. The summed E-state index contributed by atoms with van der Waals surface area (Å²) in [6, 6.07) is 0. The average molecular weight is 355 g/mol. The first-order valence-electron chi connectivity index (χ1n) is 9.07. The summed E-state index contributed by atoms with van der Waals surface area (Å²) in [7, 11) is -1.82. The molecule has 1 N–H and O–H groups in total. The van der Waals surface area contributed by atoms with Crippen LogP contribution in [0, 0.1) is 5.41 Å². The Kier molecular flexibility index (Phi) is 4.55. The number of carbonyl (C=O) groups excluding carboxylic acids is 1. The molecule has 1 saturated carbocycles. The number of rotatable bonds is 5. The molecule has 2 aliphatic rings. The number of Topliss-reactive ketones (excluding diaryl/α,β-unsaturated/α-hetero) is 1. The van der Waals surface area contributed by atoms with E-state index in [1.165, 1.54) is 0 Å². The third-order valence-corrected chi connectivity index (χ3v) is 10.2. The molecule has 24 heavy (non-hydrogen) atoms. The van der Waals surface area contributed by atoms with Crippen LogP contribution in [0.15, 0.2) is 11.5 Å². The fourth-order valence-electron chi connectivity index (χ4n) is 4.40. The second kappa shape index (κ2) is 5.60. The lowest BCUT2D eigenvalue weighted by atomic mass is 9.73. The summed E-state index contributed by atoms with van der Waals surface area (Å²) in [6.45, 7) is 18.4. The van der Waals surface area contributed by atoms with Crippen molar-refractivity contribution in [3.8, 4) is 0 Å². The summed E-state index contributed by atoms with van der Waals surface area (Å²) in [5.74, 6) is 0.519. The zero-order valence-corrected chi connectivity index (χ0v) is 17.7. The van der Waals surface area contributed by atoms with Gasteiger partial charge in [-0.1, -0.05) is 26.6 Å². The van der Waals surface area contributed by atoms with Crippen LogP contribution in [0.3, 0.4) is 0 Å². The van der Waals surface area contributed by atoms with Gasteiger partial charge in [-0.3, -0.25) is 4.79 Å². The van der Waals surface area contributed by atoms with Gasteiger partial charge in [0.15, 0.2) is 5.76 Å².